The summed E-state index contributed by atoms with van der Waals surface area (Å²) in [4.78, 5) is 24.8. The Kier molecular flexibility index (Phi) is 5.48. The maximum absolute atomic E-state index is 12.9. The van der Waals surface area contributed by atoms with Crippen LogP contribution in [0.4, 0.5) is 0 Å². The summed E-state index contributed by atoms with van der Waals surface area (Å²) in [7, 11) is 0. The van der Waals surface area contributed by atoms with Crippen molar-refractivity contribution >= 4 is 11.9 Å². The third kappa shape index (κ3) is 3.19. The second kappa shape index (κ2) is 7.76. The SMILES string of the molecule is CC(=O)O[C@@H]1CC[C@@]2(C)C(CC[C@]3(C)C2CCC2C4[C@H]([C@@]5(C)CO5)CC[C@]4(C(=O)O)CC[C@]23C)C1(C)C. The molecule has 0 amide bonds. The Labute approximate surface area is 223 Å². The Morgan fingerprint density at radius 1 is 0.784 bits per heavy atom. The Hall–Kier alpha value is -1.10. The van der Waals surface area contributed by atoms with E-state index in [1.165, 1.54) is 19.3 Å². The minimum Gasteiger partial charge on any atom is -0.481 e. The van der Waals surface area contributed by atoms with Crippen LogP contribution in [0.1, 0.15) is 113 Å². The predicted molar refractivity (Wildman–Crippen MR) is 142 cm³/mol. The zero-order valence-electron chi connectivity index (χ0n) is 24.3. The quantitative estimate of drug-likeness (QED) is 0.328. The molecule has 1 aliphatic heterocycles. The van der Waals surface area contributed by atoms with Crippen LogP contribution in [0.15, 0.2) is 0 Å². The molecule has 1 heterocycles. The summed E-state index contributed by atoms with van der Waals surface area (Å²) in [6.45, 7) is 17.0. The van der Waals surface area contributed by atoms with Gasteiger partial charge < -0.3 is 14.6 Å². The normalized spacial score (nSPS) is 55.8. The lowest BCUT2D eigenvalue weighted by molar-refractivity contribution is -0.251. The van der Waals surface area contributed by atoms with Crippen LogP contribution in [0, 0.1) is 56.7 Å². The number of carbonyl (C=O) groups is 2. The van der Waals surface area contributed by atoms with Gasteiger partial charge in [-0.15, -0.1) is 0 Å². The molecule has 1 saturated heterocycles. The molecule has 0 aromatic rings. The van der Waals surface area contributed by atoms with Crippen LogP contribution < -0.4 is 0 Å². The van der Waals surface area contributed by atoms with Crippen LogP contribution in [-0.4, -0.2) is 35.4 Å². The van der Waals surface area contributed by atoms with E-state index in [1.54, 1.807) is 6.92 Å². The van der Waals surface area contributed by atoms with Crippen molar-refractivity contribution in [3.05, 3.63) is 0 Å². The number of fused-ring (bicyclic) bond motifs is 7. The molecular weight excluding hydrogens is 464 g/mol. The molecule has 5 nitrogen and oxygen atoms in total. The second-order valence-electron chi connectivity index (χ2n) is 15.9. The number of carboxylic acid groups (broad SMARTS) is 1. The van der Waals surface area contributed by atoms with Gasteiger partial charge in [-0.3, -0.25) is 9.59 Å². The van der Waals surface area contributed by atoms with E-state index >= 15 is 0 Å². The number of aliphatic carboxylic acids is 1. The van der Waals surface area contributed by atoms with Crippen molar-refractivity contribution in [1.82, 2.24) is 0 Å². The molecule has 0 aromatic heterocycles. The molecule has 6 fully saturated rings. The number of carboxylic acids is 1. The monoisotopic (exact) mass is 514 g/mol. The van der Waals surface area contributed by atoms with Crippen LogP contribution in [0.2, 0.25) is 0 Å². The minimum absolute atomic E-state index is 0.00348. The Morgan fingerprint density at radius 2 is 1.49 bits per heavy atom. The molecule has 4 unspecified atom stereocenters. The van der Waals surface area contributed by atoms with Crippen LogP contribution in [0.5, 0.6) is 0 Å². The van der Waals surface area contributed by atoms with Crippen LogP contribution in [0.25, 0.3) is 0 Å². The molecule has 11 atom stereocenters. The lowest BCUT2D eigenvalue weighted by atomic mass is 9.32. The molecule has 208 valence electrons. The van der Waals surface area contributed by atoms with Gasteiger partial charge in [0.05, 0.1) is 17.6 Å². The maximum Gasteiger partial charge on any atom is 0.309 e. The fourth-order valence-electron chi connectivity index (χ4n) is 12.4. The van der Waals surface area contributed by atoms with Gasteiger partial charge in [-0.05, 0) is 117 Å². The Morgan fingerprint density at radius 3 is 2.11 bits per heavy atom. The highest BCUT2D eigenvalue weighted by Crippen LogP contribution is 2.78. The lowest BCUT2D eigenvalue weighted by Gasteiger charge is -2.72. The third-order valence-electron chi connectivity index (χ3n) is 14.5. The summed E-state index contributed by atoms with van der Waals surface area (Å²) >= 11 is 0. The number of rotatable bonds is 3. The average molecular weight is 515 g/mol. The van der Waals surface area contributed by atoms with Gasteiger partial charge >= 0.3 is 11.9 Å². The molecule has 0 spiro atoms. The van der Waals surface area contributed by atoms with E-state index in [-0.39, 0.29) is 45.3 Å². The first-order valence-electron chi connectivity index (χ1n) is 15.2. The molecule has 0 aromatic carbocycles. The van der Waals surface area contributed by atoms with Gasteiger partial charge in [0.25, 0.3) is 0 Å². The van der Waals surface area contributed by atoms with E-state index in [2.05, 4.69) is 41.5 Å². The van der Waals surface area contributed by atoms with Gasteiger partial charge in [-0.2, -0.15) is 0 Å². The summed E-state index contributed by atoms with van der Waals surface area (Å²) < 4.78 is 11.9. The second-order valence-corrected chi connectivity index (χ2v) is 15.9. The molecule has 1 N–H and O–H groups in total. The van der Waals surface area contributed by atoms with Gasteiger partial charge in [0, 0.05) is 12.3 Å². The predicted octanol–water partition coefficient (Wildman–Crippen LogP) is 6.87. The Bertz CT molecular complexity index is 999. The van der Waals surface area contributed by atoms with E-state index in [9.17, 15) is 14.7 Å². The van der Waals surface area contributed by atoms with Crippen molar-refractivity contribution in [2.45, 2.75) is 124 Å². The van der Waals surface area contributed by atoms with Crippen LogP contribution in [-0.2, 0) is 19.1 Å². The average Bonchev–Trinajstić information content (AvgIpc) is 3.41. The van der Waals surface area contributed by atoms with Gasteiger partial charge in [0.2, 0.25) is 0 Å². The van der Waals surface area contributed by atoms with Crippen molar-refractivity contribution in [3.8, 4) is 0 Å². The van der Waals surface area contributed by atoms with Gasteiger partial charge in [-0.25, -0.2) is 0 Å². The molecule has 5 saturated carbocycles. The molecule has 0 bridgehead atoms. The molecule has 6 rings (SSSR count). The van der Waals surface area contributed by atoms with Crippen molar-refractivity contribution in [2.75, 3.05) is 6.61 Å². The number of epoxide rings is 1. The van der Waals surface area contributed by atoms with Gasteiger partial charge in [-0.1, -0.05) is 34.6 Å². The van der Waals surface area contributed by atoms with Crippen LogP contribution >= 0.6 is 0 Å². The fraction of sp³-hybridized carbons (Fsp3) is 0.938. The highest BCUT2D eigenvalue weighted by molar-refractivity contribution is 5.76. The zero-order valence-corrected chi connectivity index (χ0v) is 24.3. The summed E-state index contributed by atoms with van der Waals surface area (Å²) in [5.74, 6) is 1.53. The third-order valence-corrected chi connectivity index (χ3v) is 14.5. The highest BCUT2D eigenvalue weighted by Gasteiger charge is 2.74. The summed E-state index contributed by atoms with van der Waals surface area (Å²) in [5.41, 5.74) is -0.119. The minimum atomic E-state index is -0.557. The summed E-state index contributed by atoms with van der Waals surface area (Å²) in [6.07, 6.45) is 10.5. The fourth-order valence-corrected chi connectivity index (χ4v) is 12.4. The first kappa shape index (κ1) is 26.1. The zero-order chi connectivity index (χ0) is 26.8. The first-order chi connectivity index (χ1) is 17.2. The molecule has 37 heavy (non-hydrogen) atoms. The number of carbonyl (C=O) groups excluding carboxylic acids is 1. The largest absolute Gasteiger partial charge is 0.481 e. The van der Waals surface area contributed by atoms with Crippen molar-refractivity contribution in [3.63, 3.8) is 0 Å². The molecule has 6 aliphatic rings. The maximum atomic E-state index is 12.9. The van der Waals surface area contributed by atoms with Gasteiger partial charge in [0.15, 0.2) is 0 Å². The van der Waals surface area contributed by atoms with Crippen molar-refractivity contribution in [2.24, 2.45) is 56.7 Å². The molecule has 5 aliphatic carbocycles. The number of hydrogen-bond donors (Lipinski definition) is 1. The summed E-state index contributed by atoms with van der Waals surface area (Å²) in [5, 5.41) is 10.6. The number of ether oxygens (including phenoxy) is 2. The van der Waals surface area contributed by atoms with Gasteiger partial charge in [0.1, 0.15) is 6.10 Å². The van der Waals surface area contributed by atoms with E-state index in [0.717, 1.165) is 51.6 Å². The van der Waals surface area contributed by atoms with E-state index in [0.29, 0.717) is 23.7 Å². The smallest absolute Gasteiger partial charge is 0.309 e. The van der Waals surface area contributed by atoms with Crippen molar-refractivity contribution in [1.29, 1.82) is 0 Å². The topological polar surface area (TPSA) is 76.1 Å². The van der Waals surface area contributed by atoms with E-state index in [1.807, 2.05) is 0 Å². The molecule has 5 heteroatoms. The van der Waals surface area contributed by atoms with Crippen LogP contribution in [0.3, 0.4) is 0 Å². The molecule has 0 radical (unpaired) electrons. The lowest BCUT2D eigenvalue weighted by Crippen LogP contribution is -2.67. The first-order valence-corrected chi connectivity index (χ1v) is 15.2. The van der Waals surface area contributed by atoms with E-state index < -0.39 is 11.4 Å². The summed E-state index contributed by atoms with van der Waals surface area (Å²) in [6, 6.07) is 0. The number of esters is 1. The molecular formula is C32H50O5. The number of hydrogen-bond acceptors (Lipinski definition) is 4. The highest BCUT2D eigenvalue weighted by atomic mass is 16.6. The standard InChI is InChI=1S/C32H50O5/c1-19(33)37-24-12-13-28(4)22(27(24,2)3)11-14-30(6)23(28)9-8-20-25-21(31(7)18-36-31)10-15-32(25,26(34)35)17-16-29(20,30)5/h20-25H,8-18H2,1-7H3,(H,34,35)/t20?,21-,22?,23?,24-,25?,28+,29-,30-,31-,32+/m1/s1. The Balaban J connectivity index is 1.37. The van der Waals surface area contributed by atoms with Crippen molar-refractivity contribution < 1.29 is 24.2 Å². The van der Waals surface area contributed by atoms with E-state index in [4.69, 9.17) is 9.47 Å².